The van der Waals surface area contributed by atoms with Gasteiger partial charge in [-0.15, -0.1) is 0 Å². The van der Waals surface area contributed by atoms with Gasteiger partial charge in [-0.2, -0.15) is 17.2 Å². The third kappa shape index (κ3) is 6.94. The molecule has 6 aliphatic carbocycles. The molecule has 42 heavy (non-hydrogen) atoms. The van der Waals surface area contributed by atoms with Crippen molar-refractivity contribution in [3.8, 4) is 0 Å². The fourth-order valence-corrected chi connectivity index (χ4v) is 9.32. The number of alkyl halides is 2. The number of rotatable bonds is 11. The lowest BCUT2D eigenvalue weighted by Crippen LogP contribution is -2.51. The van der Waals surface area contributed by atoms with Crippen LogP contribution >= 0.6 is 0 Å². The first kappa shape index (κ1) is 31.6. The summed E-state index contributed by atoms with van der Waals surface area (Å²) < 4.78 is 74.4. The molecule has 9 nitrogen and oxygen atoms in total. The predicted molar refractivity (Wildman–Crippen MR) is 146 cm³/mol. The third-order valence-corrected chi connectivity index (χ3v) is 11.6. The van der Waals surface area contributed by atoms with Crippen LogP contribution in [0.25, 0.3) is 0 Å². The first-order chi connectivity index (χ1) is 19.9. The molecule has 0 spiro atoms. The molecule has 1 N–H and O–H groups in total. The second kappa shape index (κ2) is 12.7. The van der Waals surface area contributed by atoms with Crippen LogP contribution in [0.15, 0.2) is 0 Å². The molecule has 0 aromatic heterocycles. The molecule has 1 atom stereocenters. The molecule has 0 aromatic carbocycles. The van der Waals surface area contributed by atoms with Crippen LogP contribution in [-0.2, 0) is 38.7 Å². The van der Waals surface area contributed by atoms with Crippen LogP contribution in [0, 0.1) is 40.9 Å². The molecule has 0 aliphatic heterocycles. The van der Waals surface area contributed by atoms with Crippen molar-refractivity contribution in [3.63, 3.8) is 0 Å². The lowest BCUT2D eigenvalue weighted by atomic mass is 9.49. The summed E-state index contributed by atoms with van der Waals surface area (Å²) in [5, 5.41) is -4.75. The van der Waals surface area contributed by atoms with Crippen molar-refractivity contribution in [1.82, 2.24) is 0 Å². The van der Waals surface area contributed by atoms with Gasteiger partial charge in [0.15, 0.2) is 6.61 Å². The van der Waals surface area contributed by atoms with Gasteiger partial charge >= 0.3 is 33.3 Å². The van der Waals surface area contributed by atoms with Gasteiger partial charge in [-0.3, -0.25) is 14.1 Å². The number of carbonyl (C=O) groups is 3. The number of halogens is 2. The van der Waals surface area contributed by atoms with Gasteiger partial charge in [-0.1, -0.05) is 38.5 Å². The summed E-state index contributed by atoms with van der Waals surface area (Å²) in [5.41, 5.74) is -0.655. The van der Waals surface area contributed by atoms with Gasteiger partial charge < -0.3 is 14.2 Å². The summed E-state index contributed by atoms with van der Waals surface area (Å²) in [6, 6.07) is 0. The topological polar surface area (TPSA) is 133 Å². The molecule has 238 valence electrons. The minimum Gasteiger partial charge on any atom is -0.461 e. The van der Waals surface area contributed by atoms with Gasteiger partial charge in [0.2, 0.25) is 6.10 Å². The standard InChI is InChI=1S/C30H44F2O9S/c31-30(32,42(36,37)38)18-40-26(33)24(17-39-28(35)29-14-19-11-20(15-29)13-21(12-19)16-29)41-27(34)25(22-7-3-1-4-8-22)23-9-5-2-6-10-23/h19-25H,1-18H2,(H,36,37,38). The van der Waals surface area contributed by atoms with Crippen molar-refractivity contribution in [2.45, 2.75) is 114 Å². The Morgan fingerprint density at radius 3 is 1.71 bits per heavy atom. The van der Waals surface area contributed by atoms with Crippen molar-refractivity contribution < 1.29 is 50.3 Å². The smallest absolute Gasteiger partial charge is 0.402 e. The highest BCUT2D eigenvalue weighted by atomic mass is 32.2. The van der Waals surface area contributed by atoms with Crippen molar-refractivity contribution >= 4 is 28.0 Å². The summed E-state index contributed by atoms with van der Waals surface area (Å²) in [4.78, 5) is 40.2. The van der Waals surface area contributed by atoms with E-state index < -0.39 is 63.9 Å². The van der Waals surface area contributed by atoms with Crippen molar-refractivity contribution in [1.29, 1.82) is 0 Å². The molecule has 0 saturated heterocycles. The van der Waals surface area contributed by atoms with E-state index >= 15 is 0 Å². The first-order valence-electron chi connectivity index (χ1n) is 15.8. The number of esters is 3. The molecule has 6 rings (SSSR count). The monoisotopic (exact) mass is 618 g/mol. The highest BCUT2D eigenvalue weighted by molar-refractivity contribution is 7.86. The van der Waals surface area contributed by atoms with Crippen LogP contribution in [0.4, 0.5) is 8.78 Å². The maximum Gasteiger partial charge on any atom is 0.402 e. The molecule has 12 heteroatoms. The quantitative estimate of drug-likeness (QED) is 0.182. The van der Waals surface area contributed by atoms with Crippen molar-refractivity contribution in [2.75, 3.05) is 13.2 Å². The molecular weight excluding hydrogens is 574 g/mol. The van der Waals surface area contributed by atoms with E-state index in [4.69, 9.17) is 14.0 Å². The van der Waals surface area contributed by atoms with Gasteiger partial charge in [0.05, 0.1) is 11.3 Å². The highest BCUT2D eigenvalue weighted by Gasteiger charge is 2.56. The Labute approximate surface area is 246 Å². The van der Waals surface area contributed by atoms with Crippen LogP contribution in [0.2, 0.25) is 0 Å². The van der Waals surface area contributed by atoms with Crippen LogP contribution in [0.3, 0.4) is 0 Å². The zero-order chi connectivity index (χ0) is 30.1. The van der Waals surface area contributed by atoms with E-state index in [1.807, 2.05) is 0 Å². The van der Waals surface area contributed by atoms with Crippen LogP contribution in [0.5, 0.6) is 0 Å². The first-order valence-corrected chi connectivity index (χ1v) is 17.2. The second-order valence-corrected chi connectivity index (χ2v) is 15.3. The predicted octanol–water partition coefficient (Wildman–Crippen LogP) is 5.46. The van der Waals surface area contributed by atoms with Crippen molar-refractivity contribution in [3.05, 3.63) is 0 Å². The third-order valence-electron chi connectivity index (χ3n) is 10.7. The summed E-state index contributed by atoms with van der Waals surface area (Å²) in [6.45, 7) is -2.67. The van der Waals surface area contributed by atoms with E-state index in [-0.39, 0.29) is 11.8 Å². The molecule has 6 fully saturated rings. The van der Waals surface area contributed by atoms with E-state index in [2.05, 4.69) is 4.74 Å². The van der Waals surface area contributed by atoms with Gasteiger partial charge in [-0.25, -0.2) is 4.79 Å². The Morgan fingerprint density at radius 2 is 1.26 bits per heavy atom. The van der Waals surface area contributed by atoms with E-state index in [0.29, 0.717) is 37.0 Å². The van der Waals surface area contributed by atoms with Crippen LogP contribution in [-0.4, -0.2) is 55.5 Å². The van der Waals surface area contributed by atoms with Crippen molar-refractivity contribution in [2.24, 2.45) is 40.9 Å². The molecule has 0 amide bonds. The Balaban J connectivity index is 1.30. The Bertz CT molecular complexity index is 1060. The fraction of sp³-hybridized carbons (Fsp3) is 0.900. The number of hydrogen-bond donors (Lipinski definition) is 1. The number of carbonyl (C=O) groups excluding carboxylic acids is 3. The highest BCUT2D eigenvalue weighted by Crippen LogP contribution is 2.60. The fourth-order valence-electron chi connectivity index (χ4n) is 9.11. The zero-order valence-electron chi connectivity index (χ0n) is 24.1. The summed E-state index contributed by atoms with van der Waals surface area (Å²) in [7, 11) is -5.84. The maximum absolute atomic E-state index is 13.9. The average Bonchev–Trinajstić information content (AvgIpc) is 2.94. The van der Waals surface area contributed by atoms with Gasteiger partial charge in [0, 0.05) is 0 Å². The summed E-state index contributed by atoms with van der Waals surface area (Å²) >= 11 is 0. The van der Waals surface area contributed by atoms with E-state index in [9.17, 15) is 31.6 Å². The number of hydrogen-bond acceptors (Lipinski definition) is 8. The Morgan fingerprint density at radius 1 is 0.786 bits per heavy atom. The molecular formula is C30H44F2O9S. The van der Waals surface area contributed by atoms with Gasteiger partial charge in [0.25, 0.3) is 0 Å². The molecule has 6 saturated carbocycles. The molecule has 4 bridgehead atoms. The molecule has 6 aliphatic rings. The number of ether oxygens (including phenoxy) is 3. The van der Waals surface area contributed by atoms with Gasteiger partial charge in [0.1, 0.15) is 6.61 Å². The van der Waals surface area contributed by atoms with E-state index in [1.54, 1.807) is 0 Å². The van der Waals surface area contributed by atoms with E-state index in [1.165, 1.54) is 0 Å². The Kier molecular flexibility index (Phi) is 9.52. The second-order valence-electron chi connectivity index (χ2n) is 13.8. The largest absolute Gasteiger partial charge is 0.461 e. The molecule has 0 radical (unpaired) electrons. The normalized spacial score (nSPS) is 31.1. The zero-order valence-corrected chi connectivity index (χ0v) is 25.0. The van der Waals surface area contributed by atoms with Gasteiger partial charge in [-0.05, 0) is 93.8 Å². The average molecular weight is 619 g/mol. The summed E-state index contributed by atoms with van der Waals surface area (Å²) in [6.07, 6.45) is 13.1. The lowest BCUT2D eigenvalue weighted by Gasteiger charge is -2.55. The SMILES string of the molecule is O=C(OCC(F)(F)S(=O)(=O)O)C(COC(=O)C12CC3CC(CC(C3)C1)C2)OC(=O)C(C1CCCCC1)C1CCCCC1. The molecule has 1 unspecified atom stereocenters. The van der Waals surface area contributed by atoms with Crippen LogP contribution in [0.1, 0.15) is 103 Å². The minimum absolute atomic E-state index is 0.0736. The minimum atomic E-state index is -5.84. The lowest BCUT2D eigenvalue weighted by molar-refractivity contribution is -0.188. The molecule has 0 aromatic rings. The summed E-state index contributed by atoms with van der Waals surface area (Å²) in [5.74, 6) is -1.52. The van der Waals surface area contributed by atoms with E-state index in [0.717, 1.165) is 83.5 Å². The maximum atomic E-state index is 13.9. The van der Waals surface area contributed by atoms with Crippen LogP contribution < -0.4 is 0 Å². The Hall–Kier alpha value is -1.82. The molecule has 0 heterocycles.